The minimum Gasteiger partial charge on any atom is -1.00 e. The van der Waals surface area contributed by atoms with Crippen LogP contribution in [0, 0.1) is 0 Å². The second-order valence-corrected chi connectivity index (χ2v) is 5.98. The van der Waals surface area contributed by atoms with Gasteiger partial charge in [-0.3, -0.25) is 4.79 Å². The number of aryl methyl sites for hydroxylation is 1. The zero-order valence-corrected chi connectivity index (χ0v) is 14.9. The Kier molecular flexibility index (Phi) is 6.56. The van der Waals surface area contributed by atoms with Crippen LogP contribution in [0.5, 0.6) is 0 Å². The summed E-state index contributed by atoms with van der Waals surface area (Å²) in [6, 6.07) is 17.5. The molecule has 1 amide bonds. The van der Waals surface area contributed by atoms with E-state index in [0.717, 1.165) is 16.6 Å². The van der Waals surface area contributed by atoms with Gasteiger partial charge in [-0.1, -0.05) is 42.5 Å². The first-order valence-electron chi connectivity index (χ1n) is 8.05. The molecule has 1 atom stereocenters. The van der Waals surface area contributed by atoms with E-state index in [1.807, 2.05) is 77.1 Å². The molecule has 25 heavy (non-hydrogen) atoms. The molecule has 0 radical (unpaired) electrons. The molecule has 2 N–H and O–H groups in total. The summed E-state index contributed by atoms with van der Waals surface area (Å²) < 4.78 is 3.91. The Morgan fingerprint density at radius 1 is 1.16 bits per heavy atom. The van der Waals surface area contributed by atoms with Crippen molar-refractivity contribution in [3.8, 4) is 0 Å². The summed E-state index contributed by atoms with van der Waals surface area (Å²) in [5.41, 5.74) is 3.18. The zero-order chi connectivity index (χ0) is 16.9. The fourth-order valence-electron chi connectivity index (χ4n) is 2.95. The molecule has 3 rings (SSSR count). The Balaban J connectivity index is 0.00000225. The maximum atomic E-state index is 12.4. The smallest absolute Gasteiger partial charge is 0.262 e. The summed E-state index contributed by atoms with van der Waals surface area (Å²) in [7, 11) is 1.96. The molecule has 6 heteroatoms. The van der Waals surface area contributed by atoms with Gasteiger partial charge in [-0.25, -0.2) is 9.13 Å². The number of halogens is 1. The summed E-state index contributed by atoms with van der Waals surface area (Å²) in [4.78, 5) is 12.4. The predicted octanol–water partition coefficient (Wildman–Crippen LogP) is -1.81. The number of imidazole rings is 1. The van der Waals surface area contributed by atoms with Gasteiger partial charge >= 0.3 is 0 Å². The van der Waals surface area contributed by atoms with E-state index in [1.54, 1.807) is 0 Å². The first-order chi connectivity index (χ1) is 11.7. The Labute approximate surface area is 153 Å². The van der Waals surface area contributed by atoms with E-state index in [9.17, 15) is 9.90 Å². The normalized spacial score (nSPS) is 11.8. The maximum absolute atomic E-state index is 12.4. The quantitative estimate of drug-likeness (QED) is 0.510. The number of nitrogens with one attached hydrogen (secondary N) is 1. The van der Waals surface area contributed by atoms with Crippen LogP contribution >= 0.6 is 0 Å². The average Bonchev–Trinajstić information content (AvgIpc) is 2.91. The highest BCUT2D eigenvalue weighted by atomic mass is 35.5. The van der Waals surface area contributed by atoms with Gasteiger partial charge in [0.1, 0.15) is 0 Å². The molecule has 3 aromatic rings. The number of carbonyl (C=O) groups is 1. The van der Waals surface area contributed by atoms with Crippen molar-refractivity contribution in [3.05, 3.63) is 66.5 Å². The average molecular weight is 360 g/mol. The highest BCUT2D eigenvalue weighted by Crippen LogP contribution is 2.10. The van der Waals surface area contributed by atoms with Crippen molar-refractivity contribution in [1.29, 1.82) is 0 Å². The number of nitrogens with zero attached hydrogens (tertiary/aromatic N) is 2. The molecule has 1 aromatic heterocycles. The van der Waals surface area contributed by atoms with Crippen molar-refractivity contribution >= 4 is 16.9 Å². The summed E-state index contributed by atoms with van der Waals surface area (Å²) in [5.74, 6) is -0.105. The molecule has 0 fully saturated rings. The fraction of sp³-hybridized carbons (Fsp3) is 0.263. The Morgan fingerprint density at radius 3 is 2.56 bits per heavy atom. The molecule has 0 aliphatic heterocycles. The van der Waals surface area contributed by atoms with Crippen LogP contribution in [0.1, 0.15) is 5.56 Å². The molecule has 0 saturated carbocycles. The van der Waals surface area contributed by atoms with Gasteiger partial charge in [-0.15, -0.1) is 0 Å². The Morgan fingerprint density at radius 2 is 1.84 bits per heavy atom. The van der Waals surface area contributed by atoms with Crippen LogP contribution in [0.4, 0.5) is 0 Å². The molecule has 2 aromatic carbocycles. The highest BCUT2D eigenvalue weighted by molar-refractivity contribution is 5.79. The van der Waals surface area contributed by atoms with E-state index in [1.165, 1.54) is 0 Å². The Hall–Kier alpha value is -2.37. The monoisotopic (exact) mass is 359 g/mol. The summed E-state index contributed by atoms with van der Waals surface area (Å²) in [6.07, 6.45) is 2.53. The number of carbonyl (C=O) groups excluding carboxylic acids is 1. The lowest BCUT2D eigenvalue weighted by atomic mass is 10.1. The Bertz CT molecular complexity index is 833. The minimum absolute atomic E-state index is 0. The van der Waals surface area contributed by atoms with Crippen LogP contribution in [-0.2, 0) is 24.8 Å². The molecule has 1 heterocycles. The lowest BCUT2D eigenvalue weighted by Gasteiger charge is -2.15. The number of aliphatic hydroxyl groups is 1. The number of aromatic nitrogens is 2. The maximum Gasteiger partial charge on any atom is 0.262 e. The molecule has 0 aliphatic carbocycles. The molecule has 0 saturated heterocycles. The third-order valence-electron chi connectivity index (χ3n) is 4.11. The summed E-state index contributed by atoms with van der Waals surface area (Å²) >= 11 is 0. The van der Waals surface area contributed by atoms with Gasteiger partial charge in [0.15, 0.2) is 17.6 Å². The van der Waals surface area contributed by atoms with Gasteiger partial charge in [0.2, 0.25) is 6.33 Å². The van der Waals surface area contributed by atoms with Gasteiger partial charge in [-0.05, 0) is 24.1 Å². The number of rotatable bonds is 6. The summed E-state index contributed by atoms with van der Waals surface area (Å²) in [5, 5.41) is 12.5. The number of fused-ring (bicyclic) bond motifs is 1. The molecular formula is C19H22ClN3O2. The van der Waals surface area contributed by atoms with Crippen molar-refractivity contribution in [2.45, 2.75) is 19.0 Å². The molecule has 0 aliphatic rings. The van der Waals surface area contributed by atoms with E-state index in [0.29, 0.717) is 6.42 Å². The van der Waals surface area contributed by atoms with Crippen LogP contribution < -0.4 is 22.3 Å². The lowest BCUT2D eigenvalue weighted by Crippen LogP contribution is -3.00. The van der Waals surface area contributed by atoms with Gasteiger partial charge in [0.05, 0.1) is 19.7 Å². The van der Waals surface area contributed by atoms with Crippen molar-refractivity contribution in [2.24, 2.45) is 7.05 Å². The topological polar surface area (TPSA) is 58.1 Å². The minimum atomic E-state index is -0.282. The van der Waals surface area contributed by atoms with Crippen LogP contribution in [0.3, 0.4) is 0 Å². The number of aliphatic hydroxyl groups excluding tert-OH is 1. The van der Waals surface area contributed by atoms with Crippen LogP contribution in [0.15, 0.2) is 60.9 Å². The van der Waals surface area contributed by atoms with Gasteiger partial charge < -0.3 is 22.8 Å². The molecule has 0 bridgehead atoms. The van der Waals surface area contributed by atoms with Crippen LogP contribution in [-0.4, -0.2) is 28.2 Å². The van der Waals surface area contributed by atoms with Gasteiger partial charge in [-0.2, -0.15) is 0 Å². The number of benzene rings is 2. The van der Waals surface area contributed by atoms with E-state index >= 15 is 0 Å². The molecule has 132 valence electrons. The van der Waals surface area contributed by atoms with E-state index in [-0.39, 0.29) is 37.5 Å². The van der Waals surface area contributed by atoms with E-state index < -0.39 is 0 Å². The first-order valence-corrected chi connectivity index (χ1v) is 8.05. The second-order valence-electron chi connectivity index (χ2n) is 5.98. The number of hydrogen-bond acceptors (Lipinski definition) is 2. The molecule has 5 nitrogen and oxygen atoms in total. The van der Waals surface area contributed by atoms with Gasteiger partial charge in [0.25, 0.3) is 5.91 Å². The second kappa shape index (κ2) is 8.65. The van der Waals surface area contributed by atoms with Crippen molar-refractivity contribution in [3.63, 3.8) is 0 Å². The first kappa shape index (κ1) is 19.0. The standard InChI is InChI=1S/C19H21N3O2.ClH/c1-21-14-22(18-10-6-5-9-17(18)21)12-19(24)20-16(13-23)11-15-7-3-2-4-8-15;/h2-10,14,16,23H,11-13H2,1H3;1H/t16-;/m0./s1. The van der Waals surface area contributed by atoms with Crippen LogP contribution in [0.2, 0.25) is 0 Å². The third kappa shape index (κ3) is 4.59. The molecular weight excluding hydrogens is 338 g/mol. The SMILES string of the molecule is C[n+]1cn(CC(=O)N[C@H](CO)Cc2ccccc2)c2ccccc21.[Cl-]. The van der Waals surface area contributed by atoms with Gasteiger partial charge in [0, 0.05) is 0 Å². The molecule has 0 spiro atoms. The number of hydrogen-bond donors (Lipinski definition) is 2. The largest absolute Gasteiger partial charge is 1.00 e. The fourth-order valence-corrected chi connectivity index (χ4v) is 2.95. The zero-order valence-electron chi connectivity index (χ0n) is 14.1. The van der Waals surface area contributed by atoms with Crippen LogP contribution in [0.25, 0.3) is 11.0 Å². The predicted molar refractivity (Wildman–Crippen MR) is 92.3 cm³/mol. The number of amides is 1. The van der Waals surface area contributed by atoms with E-state index in [4.69, 9.17) is 0 Å². The molecule has 0 unspecified atom stereocenters. The van der Waals surface area contributed by atoms with Crippen molar-refractivity contribution < 1.29 is 26.9 Å². The third-order valence-corrected chi connectivity index (χ3v) is 4.11. The summed E-state index contributed by atoms with van der Waals surface area (Å²) in [6.45, 7) is 0.146. The van der Waals surface area contributed by atoms with Crippen molar-refractivity contribution in [1.82, 2.24) is 9.88 Å². The van der Waals surface area contributed by atoms with E-state index in [2.05, 4.69) is 5.32 Å². The highest BCUT2D eigenvalue weighted by Gasteiger charge is 2.18. The van der Waals surface area contributed by atoms with Crippen molar-refractivity contribution in [2.75, 3.05) is 6.61 Å². The lowest BCUT2D eigenvalue weighted by molar-refractivity contribution is -0.645. The number of para-hydroxylation sites is 2.